The van der Waals surface area contributed by atoms with Crippen LogP contribution in [0.2, 0.25) is 0 Å². The van der Waals surface area contributed by atoms with Crippen molar-refractivity contribution in [3.63, 3.8) is 0 Å². The molecule has 1 aromatic carbocycles. The molecule has 3 aromatic heterocycles. The van der Waals surface area contributed by atoms with Crippen LogP contribution in [0.3, 0.4) is 0 Å². The highest BCUT2D eigenvalue weighted by molar-refractivity contribution is 5.98. The van der Waals surface area contributed by atoms with Gasteiger partial charge in [0, 0.05) is 52.5 Å². The molecule has 48 heavy (non-hydrogen) atoms. The molecule has 2 aliphatic heterocycles. The Hall–Kier alpha value is -5.20. The molecule has 0 aliphatic carbocycles. The summed E-state index contributed by atoms with van der Waals surface area (Å²) in [4.78, 5) is 60.5. The van der Waals surface area contributed by atoms with Crippen LogP contribution in [0.4, 0.5) is 25.1 Å². The summed E-state index contributed by atoms with van der Waals surface area (Å²) in [6.45, 7) is 10.6. The van der Waals surface area contributed by atoms with Gasteiger partial charge in [0.15, 0.2) is 11.5 Å². The van der Waals surface area contributed by atoms with E-state index in [0.717, 1.165) is 5.56 Å². The Morgan fingerprint density at radius 1 is 1.08 bits per heavy atom. The summed E-state index contributed by atoms with van der Waals surface area (Å²) in [5.41, 5.74) is 0.947. The van der Waals surface area contributed by atoms with Crippen LogP contribution in [0.1, 0.15) is 44.4 Å². The number of carbonyl (C=O) groups excluding carboxylic acids is 2. The highest BCUT2D eigenvalue weighted by Crippen LogP contribution is 2.39. The third-order valence-corrected chi connectivity index (χ3v) is 8.95. The summed E-state index contributed by atoms with van der Waals surface area (Å²) < 4.78 is 33.8. The van der Waals surface area contributed by atoms with Gasteiger partial charge in [-0.1, -0.05) is 26.5 Å². The lowest BCUT2D eigenvalue weighted by Gasteiger charge is -2.40. The van der Waals surface area contributed by atoms with Crippen LogP contribution >= 0.6 is 0 Å². The number of hydrogen-bond acceptors (Lipinski definition) is 7. The molecule has 2 bridgehead atoms. The number of halogens is 2. The molecule has 0 saturated carbocycles. The molecule has 1 fully saturated rings. The van der Waals surface area contributed by atoms with Crippen LogP contribution in [0, 0.1) is 11.6 Å². The van der Waals surface area contributed by atoms with Gasteiger partial charge in [0.05, 0.1) is 28.0 Å². The van der Waals surface area contributed by atoms with Gasteiger partial charge >= 0.3 is 11.7 Å². The highest BCUT2D eigenvalue weighted by atomic mass is 19.1. The first-order chi connectivity index (χ1) is 22.9. The number of benzene rings is 1. The molecule has 4 aromatic rings. The first kappa shape index (κ1) is 32.7. The minimum Gasteiger partial charge on any atom is -0.350 e. The van der Waals surface area contributed by atoms with Crippen LogP contribution in [-0.2, 0) is 11.2 Å². The van der Waals surface area contributed by atoms with E-state index in [1.54, 1.807) is 31.3 Å². The minimum absolute atomic E-state index is 0.0783. The molecule has 6 rings (SSSR count). The topological polar surface area (TPSA) is 108 Å². The molecule has 11 nitrogen and oxygen atoms in total. The summed E-state index contributed by atoms with van der Waals surface area (Å²) in [6.07, 6.45) is 3.84. The molecule has 5 heterocycles. The van der Waals surface area contributed by atoms with E-state index in [9.17, 15) is 14.4 Å². The quantitative estimate of drug-likeness (QED) is 0.289. The molecular formula is C35H38F2N8O3. The summed E-state index contributed by atoms with van der Waals surface area (Å²) in [6, 6.07) is 6.61. The van der Waals surface area contributed by atoms with Gasteiger partial charge in [-0.2, -0.15) is 4.98 Å². The Balaban J connectivity index is 1.70. The fourth-order valence-corrected chi connectivity index (χ4v) is 6.66. The Morgan fingerprint density at radius 2 is 1.85 bits per heavy atom. The van der Waals surface area contributed by atoms with Crippen LogP contribution in [0.15, 0.2) is 54.0 Å². The lowest BCUT2D eigenvalue weighted by Crippen LogP contribution is -2.54. The van der Waals surface area contributed by atoms with Gasteiger partial charge in [-0.25, -0.2) is 27.9 Å². The Kier molecular flexibility index (Phi) is 8.71. The third kappa shape index (κ3) is 5.56. The summed E-state index contributed by atoms with van der Waals surface area (Å²) in [7, 11) is 3.20. The third-order valence-electron chi connectivity index (χ3n) is 8.95. The van der Waals surface area contributed by atoms with E-state index in [4.69, 9.17) is 4.98 Å². The van der Waals surface area contributed by atoms with Crippen molar-refractivity contribution in [2.75, 3.05) is 50.1 Å². The first-order valence-corrected chi connectivity index (χ1v) is 16.0. The lowest BCUT2D eigenvalue weighted by atomic mass is 9.99. The fourth-order valence-electron chi connectivity index (χ4n) is 6.66. The zero-order valence-corrected chi connectivity index (χ0v) is 27.7. The number of amides is 3. The molecular weight excluding hydrogens is 618 g/mol. The molecule has 0 spiro atoms. The number of fused-ring (bicyclic) bond motifs is 5. The maximum atomic E-state index is 16.5. The summed E-state index contributed by atoms with van der Waals surface area (Å²) in [5.74, 6) is -1.72. The van der Waals surface area contributed by atoms with E-state index in [-0.39, 0.29) is 58.2 Å². The monoisotopic (exact) mass is 656 g/mol. The number of carbonyl (C=O) groups is 2. The molecule has 0 radical (unpaired) electrons. The fraction of sp³-hybridized carbons (Fsp3) is 0.371. The van der Waals surface area contributed by atoms with Crippen molar-refractivity contribution in [2.45, 2.75) is 45.6 Å². The number of aryl methyl sites for hydroxylation is 1. The zero-order chi connectivity index (χ0) is 34.4. The van der Waals surface area contributed by atoms with Gasteiger partial charge in [-0.15, -0.1) is 0 Å². The van der Waals surface area contributed by atoms with Crippen LogP contribution in [-0.4, -0.2) is 87.6 Å². The van der Waals surface area contributed by atoms with Gasteiger partial charge in [-0.05, 0) is 61.6 Å². The normalized spacial score (nSPS) is 16.3. The number of hydrogen-bond donors (Lipinski definition) is 0. The predicted octanol–water partition coefficient (Wildman–Crippen LogP) is 4.90. The average molecular weight is 657 g/mol. The predicted molar refractivity (Wildman–Crippen MR) is 181 cm³/mol. The standard InChI is InChI=1S/C35H38F2N8O3/c1-7-27(46)42-16-17-43(21(4)19-42)32-23-18-25(37)30-28-24(36)11-8-12-26(28)44(35(48)41(5)6)15-9-10-22-13-14-38-29(20(2)3)31(22)45(33(23)39-30)34(47)40-32/h7-8,11-14,18,20-21H,1,9-10,15-17,19H2,2-6H3/t21-/m0/s1. The smallest absolute Gasteiger partial charge is 0.350 e. The van der Waals surface area contributed by atoms with E-state index in [0.29, 0.717) is 43.9 Å². The average Bonchev–Trinajstić information content (AvgIpc) is 3.05. The van der Waals surface area contributed by atoms with E-state index < -0.39 is 23.4 Å². The van der Waals surface area contributed by atoms with Crippen LogP contribution in [0.25, 0.3) is 28.0 Å². The highest BCUT2D eigenvalue weighted by Gasteiger charge is 2.32. The van der Waals surface area contributed by atoms with Crippen molar-refractivity contribution in [3.8, 4) is 16.9 Å². The first-order valence-electron chi connectivity index (χ1n) is 16.0. The maximum absolute atomic E-state index is 16.5. The largest absolute Gasteiger partial charge is 0.355 e. The second-order valence-electron chi connectivity index (χ2n) is 12.7. The van der Waals surface area contributed by atoms with Crippen molar-refractivity contribution < 1.29 is 18.4 Å². The Morgan fingerprint density at radius 3 is 2.54 bits per heavy atom. The molecule has 250 valence electrons. The number of nitrogens with zero attached hydrogens (tertiary/aromatic N) is 8. The summed E-state index contributed by atoms with van der Waals surface area (Å²) in [5, 5.41) is 0.242. The molecule has 0 unspecified atom stereocenters. The zero-order valence-electron chi connectivity index (χ0n) is 27.7. The molecule has 13 heteroatoms. The number of rotatable bonds is 3. The van der Waals surface area contributed by atoms with E-state index in [1.807, 2.05) is 31.7 Å². The molecule has 0 N–H and O–H groups in total. The van der Waals surface area contributed by atoms with Gasteiger partial charge in [0.1, 0.15) is 17.3 Å². The van der Waals surface area contributed by atoms with Gasteiger partial charge in [0.2, 0.25) is 5.91 Å². The van der Waals surface area contributed by atoms with Crippen molar-refractivity contribution in [1.82, 2.24) is 29.3 Å². The van der Waals surface area contributed by atoms with Crippen molar-refractivity contribution in [3.05, 3.63) is 82.6 Å². The van der Waals surface area contributed by atoms with E-state index in [2.05, 4.69) is 16.5 Å². The molecule has 1 saturated heterocycles. The lowest BCUT2D eigenvalue weighted by molar-refractivity contribution is -0.126. The van der Waals surface area contributed by atoms with Crippen LogP contribution in [0.5, 0.6) is 0 Å². The van der Waals surface area contributed by atoms with Gasteiger partial charge in [0.25, 0.3) is 0 Å². The van der Waals surface area contributed by atoms with Crippen molar-refractivity contribution in [2.24, 2.45) is 0 Å². The van der Waals surface area contributed by atoms with Crippen LogP contribution < -0.4 is 15.5 Å². The van der Waals surface area contributed by atoms with E-state index >= 15 is 8.78 Å². The number of anilines is 2. The van der Waals surface area contributed by atoms with Crippen molar-refractivity contribution in [1.29, 1.82) is 0 Å². The molecule has 2 aliphatic rings. The summed E-state index contributed by atoms with van der Waals surface area (Å²) >= 11 is 0. The van der Waals surface area contributed by atoms with Crippen molar-refractivity contribution >= 4 is 34.5 Å². The maximum Gasteiger partial charge on any atom is 0.355 e. The van der Waals surface area contributed by atoms with E-state index in [1.165, 1.54) is 38.6 Å². The number of aromatic nitrogens is 4. The second-order valence-corrected chi connectivity index (χ2v) is 12.7. The SMILES string of the molecule is C=CC(=O)N1CCN(c2nc(=O)n3c4nc(c(F)cc24)-c2c(F)cccc2N(C(=O)N(C)C)CCCc2ccnc(C(C)C)c2-3)[C@@H](C)C1. The Labute approximate surface area is 277 Å². The molecule has 3 amide bonds. The number of piperazine rings is 1. The minimum atomic E-state index is -0.847. The number of urea groups is 1. The number of pyridine rings is 2. The molecule has 1 atom stereocenters. The Bertz CT molecular complexity index is 2010. The second kappa shape index (κ2) is 12.8. The van der Waals surface area contributed by atoms with Gasteiger partial charge < -0.3 is 14.7 Å². The van der Waals surface area contributed by atoms with Gasteiger partial charge in [-0.3, -0.25) is 14.7 Å².